The van der Waals surface area contributed by atoms with E-state index in [4.69, 9.17) is 21.1 Å². The molecule has 3 aromatic rings. The molecule has 0 spiro atoms. The minimum absolute atomic E-state index is 0. The number of anilines is 1. The van der Waals surface area contributed by atoms with Crippen LogP contribution >= 0.6 is 11.6 Å². The molecule has 1 unspecified atom stereocenters. The summed E-state index contributed by atoms with van der Waals surface area (Å²) in [6.07, 6.45) is 1.69. The van der Waals surface area contributed by atoms with Gasteiger partial charge in [0.15, 0.2) is 11.4 Å². The van der Waals surface area contributed by atoms with Gasteiger partial charge < -0.3 is 18.9 Å². The van der Waals surface area contributed by atoms with Crippen LogP contribution in [0.3, 0.4) is 0 Å². The van der Waals surface area contributed by atoms with Crippen LogP contribution in [0.25, 0.3) is 11.2 Å². The molecule has 0 amide bonds. The maximum atomic E-state index is 12.8. The van der Waals surface area contributed by atoms with Crippen LogP contribution in [-0.4, -0.2) is 87.5 Å². The summed E-state index contributed by atoms with van der Waals surface area (Å²) in [4.78, 5) is 18.1. The number of hydrogen-bond donors (Lipinski definition) is 1. The molecule has 0 bridgehead atoms. The Morgan fingerprint density at radius 2 is 2.07 bits per heavy atom. The van der Waals surface area contributed by atoms with Gasteiger partial charge in [0, 0.05) is 36.5 Å². The number of H-pyrrole nitrogens is 1. The molecule has 1 atom stereocenters. The molecule has 4 heterocycles. The van der Waals surface area contributed by atoms with E-state index in [-0.39, 0.29) is 35.3 Å². The predicted octanol–water partition coefficient (Wildman–Crippen LogP) is 1.51. The van der Waals surface area contributed by atoms with Gasteiger partial charge in [0.05, 0.1) is 36.6 Å². The number of rotatable bonds is 5. The fraction of sp³-hybridized carbons (Fsp3) is 0.353. The molecule has 144 valence electrons. The Kier molecular flexibility index (Phi) is 7.43. The van der Waals surface area contributed by atoms with Crippen LogP contribution in [0.2, 0.25) is 5.02 Å². The molecule has 1 aliphatic rings. The SMILES string of the molecule is COc1ccc2[nH]c([S+]([O-])Cc3nccc(N4CCOCC4)c3Cl)nc2n1.[NaH]. The van der Waals surface area contributed by atoms with Gasteiger partial charge in [-0.3, -0.25) is 9.97 Å². The Balaban J connectivity index is 0.00000225. The molecule has 1 aliphatic heterocycles. The molecule has 1 fully saturated rings. The number of halogens is 1. The second-order valence-electron chi connectivity index (χ2n) is 5.95. The van der Waals surface area contributed by atoms with Crippen LogP contribution in [0.5, 0.6) is 5.88 Å². The minimum atomic E-state index is -1.44. The summed E-state index contributed by atoms with van der Waals surface area (Å²) in [5.74, 6) is 0.614. The van der Waals surface area contributed by atoms with Crippen molar-refractivity contribution < 1.29 is 14.0 Å². The Labute approximate surface area is 192 Å². The molecule has 1 saturated heterocycles. The predicted molar refractivity (Wildman–Crippen MR) is 110 cm³/mol. The number of morpholine rings is 1. The quantitative estimate of drug-likeness (QED) is 0.483. The van der Waals surface area contributed by atoms with E-state index in [0.717, 1.165) is 18.8 Å². The van der Waals surface area contributed by atoms with Gasteiger partial charge >= 0.3 is 34.7 Å². The second-order valence-corrected chi connectivity index (χ2v) is 7.69. The van der Waals surface area contributed by atoms with Gasteiger partial charge in [-0.05, 0) is 12.1 Å². The van der Waals surface area contributed by atoms with E-state index < -0.39 is 11.2 Å². The molecular formula is C17H19ClN5NaO3S. The summed E-state index contributed by atoms with van der Waals surface area (Å²) in [6.45, 7) is 2.86. The molecule has 4 rings (SSSR count). The number of hydrogen-bond acceptors (Lipinski definition) is 7. The maximum absolute atomic E-state index is 12.8. The van der Waals surface area contributed by atoms with Crippen molar-refractivity contribution in [2.75, 3.05) is 38.3 Å². The fourth-order valence-electron chi connectivity index (χ4n) is 2.89. The first kappa shape index (κ1) is 21.6. The van der Waals surface area contributed by atoms with Gasteiger partial charge in [0.2, 0.25) is 5.88 Å². The molecule has 28 heavy (non-hydrogen) atoms. The first-order valence-corrected chi connectivity index (χ1v) is 10.1. The first-order valence-electron chi connectivity index (χ1n) is 8.41. The average molecular weight is 432 g/mol. The van der Waals surface area contributed by atoms with Crippen molar-refractivity contribution in [1.82, 2.24) is 19.9 Å². The summed E-state index contributed by atoms with van der Waals surface area (Å²) >= 11 is 5.12. The van der Waals surface area contributed by atoms with Gasteiger partial charge in [-0.2, -0.15) is 9.97 Å². The molecule has 0 saturated carbocycles. The number of pyridine rings is 2. The number of nitrogens with one attached hydrogen (secondary N) is 1. The Hall–Kier alpha value is -1.07. The number of ether oxygens (including phenoxy) is 2. The van der Waals surface area contributed by atoms with E-state index in [2.05, 4.69) is 24.8 Å². The van der Waals surface area contributed by atoms with Crippen molar-refractivity contribution in [2.24, 2.45) is 0 Å². The van der Waals surface area contributed by atoms with E-state index in [0.29, 0.717) is 46.1 Å². The van der Waals surface area contributed by atoms with Crippen molar-refractivity contribution in [3.63, 3.8) is 0 Å². The summed E-state index contributed by atoms with van der Waals surface area (Å²) in [5.41, 5.74) is 2.61. The van der Waals surface area contributed by atoms with Crippen LogP contribution in [0, 0.1) is 0 Å². The van der Waals surface area contributed by atoms with E-state index in [1.54, 1.807) is 18.3 Å². The zero-order valence-corrected chi connectivity index (χ0v) is 16.2. The standard InChI is InChI=1S/C17H18ClN5O3S.Na.H/c1-25-14-3-2-11-16(21-14)22-17(20-11)27(24)10-12-15(18)13(4-5-19-12)23-6-8-26-9-7-23;;/h2-5H,6-10H2,1H3,(H,20,21,22);;. The number of aromatic amines is 1. The van der Waals surface area contributed by atoms with E-state index in [1.165, 1.54) is 7.11 Å². The summed E-state index contributed by atoms with van der Waals surface area (Å²) in [7, 11) is 1.54. The average Bonchev–Trinajstić information content (AvgIpc) is 3.13. The number of nitrogens with zero attached hydrogens (tertiary/aromatic N) is 4. The number of methoxy groups -OCH3 is 1. The molecule has 3 aromatic heterocycles. The van der Waals surface area contributed by atoms with E-state index in [1.807, 2.05) is 6.07 Å². The van der Waals surface area contributed by atoms with Crippen molar-refractivity contribution >= 4 is 69.2 Å². The van der Waals surface area contributed by atoms with Crippen molar-refractivity contribution in [2.45, 2.75) is 10.9 Å². The zero-order chi connectivity index (χ0) is 18.8. The van der Waals surface area contributed by atoms with Gasteiger partial charge in [0.1, 0.15) is 5.69 Å². The van der Waals surface area contributed by atoms with Crippen LogP contribution in [-0.2, 0) is 21.7 Å². The number of imidazole rings is 1. The Bertz CT molecular complexity index is 954. The third kappa shape index (κ3) is 4.56. The first-order chi connectivity index (χ1) is 13.2. The molecule has 0 aliphatic carbocycles. The van der Waals surface area contributed by atoms with E-state index >= 15 is 0 Å². The molecule has 0 radical (unpaired) electrons. The third-order valence-corrected chi connectivity index (χ3v) is 5.86. The van der Waals surface area contributed by atoms with Gasteiger partial charge in [0.25, 0.3) is 0 Å². The Morgan fingerprint density at radius 1 is 1.29 bits per heavy atom. The number of fused-ring (bicyclic) bond motifs is 1. The zero-order valence-electron chi connectivity index (χ0n) is 14.6. The Morgan fingerprint density at radius 3 is 2.82 bits per heavy atom. The second kappa shape index (κ2) is 9.62. The van der Waals surface area contributed by atoms with Crippen molar-refractivity contribution in [1.29, 1.82) is 0 Å². The molecule has 0 aromatic carbocycles. The summed E-state index contributed by atoms with van der Waals surface area (Å²) < 4.78 is 23.3. The number of aromatic nitrogens is 4. The normalized spacial score (nSPS) is 15.3. The molecule has 11 heteroatoms. The van der Waals surface area contributed by atoms with Crippen LogP contribution in [0.15, 0.2) is 29.6 Å². The van der Waals surface area contributed by atoms with Gasteiger partial charge in [-0.25, -0.2) is 0 Å². The molecule has 1 N–H and O–H groups in total. The van der Waals surface area contributed by atoms with Crippen LogP contribution in [0.4, 0.5) is 5.69 Å². The van der Waals surface area contributed by atoms with Gasteiger partial charge in [-0.1, -0.05) is 11.6 Å². The van der Waals surface area contributed by atoms with Crippen LogP contribution in [0.1, 0.15) is 5.69 Å². The fourth-order valence-corrected chi connectivity index (χ4v) is 4.29. The van der Waals surface area contributed by atoms with Crippen LogP contribution < -0.4 is 9.64 Å². The molecular weight excluding hydrogens is 413 g/mol. The monoisotopic (exact) mass is 431 g/mol. The third-order valence-electron chi connectivity index (χ3n) is 4.28. The summed E-state index contributed by atoms with van der Waals surface area (Å²) in [6, 6.07) is 5.38. The summed E-state index contributed by atoms with van der Waals surface area (Å²) in [5, 5.41) is 0.851. The topological polar surface area (TPSA) is 99.2 Å². The molecule has 8 nitrogen and oxygen atoms in total. The van der Waals surface area contributed by atoms with Gasteiger partial charge in [-0.15, -0.1) is 0 Å². The van der Waals surface area contributed by atoms with Crippen molar-refractivity contribution in [3.8, 4) is 5.88 Å². The van der Waals surface area contributed by atoms with Crippen molar-refractivity contribution in [3.05, 3.63) is 35.1 Å². The van der Waals surface area contributed by atoms with E-state index in [9.17, 15) is 4.55 Å².